The molecule has 0 radical (unpaired) electrons. The first-order chi connectivity index (χ1) is 11.8. The van der Waals surface area contributed by atoms with Crippen molar-refractivity contribution in [1.82, 2.24) is 10.2 Å². The lowest BCUT2D eigenvalue weighted by Crippen LogP contribution is -2.57. The van der Waals surface area contributed by atoms with Gasteiger partial charge in [-0.15, -0.1) is 0 Å². The predicted octanol–water partition coefficient (Wildman–Crippen LogP) is 1.28. The van der Waals surface area contributed by atoms with Crippen molar-refractivity contribution in [3.05, 3.63) is 18.2 Å². The molecular weight excluding hydrogens is 344 g/mol. The Morgan fingerprint density at radius 2 is 2.00 bits per heavy atom. The van der Waals surface area contributed by atoms with Crippen molar-refractivity contribution in [2.24, 2.45) is 5.92 Å². The summed E-state index contributed by atoms with van der Waals surface area (Å²) in [6.07, 6.45) is 3.30. The zero-order valence-corrected chi connectivity index (χ0v) is 15.2. The van der Waals surface area contributed by atoms with Gasteiger partial charge in [0, 0.05) is 18.3 Å². The van der Waals surface area contributed by atoms with Gasteiger partial charge in [0.25, 0.3) is 0 Å². The van der Waals surface area contributed by atoms with Crippen molar-refractivity contribution in [3.63, 3.8) is 0 Å². The summed E-state index contributed by atoms with van der Waals surface area (Å²) >= 11 is 0. The highest BCUT2D eigenvalue weighted by Crippen LogP contribution is 2.29. The molecule has 138 valence electrons. The van der Waals surface area contributed by atoms with Gasteiger partial charge in [0.05, 0.1) is 19.1 Å². The van der Waals surface area contributed by atoms with E-state index in [0.29, 0.717) is 17.4 Å². The van der Waals surface area contributed by atoms with Gasteiger partial charge in [-0.2, -0.15) is 0 Å². The summed E-state index contributed by atoms with van der Waals surface area (Å²) in [6, 6.07) is 4.69. The molecule has 4 rings (SSSR count). The number of benzene rings is 1. The largest absolute Gasteiger partial charge is 0.495 e. The molecule has 0 spiro atoms. The Morgan fingerprint density at radius 1 is 1.28 bits per heavy atom. The summed E-state index contributed by atoms with van der Waals surface area (Å²) in [7, 11) is -1.99. The summed E-state index contributed by atoms with van der Waals surface area (Å²) in [5.74, 6) is 0.919. The summed E-state index contributed by atoms with van der Waals surface area (Å²) in [4.78, 5) is 14.7. The topological polar surface area (TPSA) is 99.8 Å². The number of hydrogen-bond acceptors (Lipinski definition) is 5. The molecule has 0 aromatic heterocycles. The Balaban J connectivity index is 1.65. The second-order valence-electron chi connectivity index (χ2n) is 6.63. The minimum atomic E-state index is -3.45. The van der Waals surface area contributed by atoms with Crippen LogP contribution in [0.3, 0.4) is 0 Å². The number of anilines is 2. The normalized spacial score (nSPS) is 25.3. The van der Waals surface area contributed by atoms with Gasteiger partial charge in [-0.1, -0.05) is 0 Å². The van der Waals surface area contributed by atoms with Crippen LogP contribution in [0.1, 0.15) is 12.8 Å². The highest BCUT2D eigenvalue weighted by Gasteiger charge is 2.34. The summed E-state index contributed by atoms with van der Waals surface area (Å²) < 4.78 is 30.5. The number of nitrogens with zero attached hydrogens (tertiary/aromatic N) is 1. The SMILES string of the molecule is COc1ccc(NC(=O)N[C@@H]2CN3CCC2CC3)cc1NS(C)(=O)=O. The number of hydrogen-bond donors (Lipinski definition) is 3. The number of sulfonamides is 1. The van der Waals surface area contributed by atoms with Crippen LogP contribution in [-0.4, -0.2) is 58.4 Å². The van der Waals surface area contributed by atoms with E-state index in [9.17, 15) is 13.2 Å². The maximum absolute atomic E-state index is 12.3. The Kier molecular flexibility index (Phi) is 5.05. The van der Waals surface area contributed by atoms with Gasteiger partial charge in [-0.3, -0.25) is 4.72 Å². The molecular formula is C16H24N4O4S. The van der Waals surface area contributed by atoms with E-state index in [1.54, 1.807) is 12.1 Å². The molecule has 25 heavy (non-hydrogen) atoms. The molecule has 0 unspecified atom stereocenters. The van der Waals surface area contributed by atoms with E-state index in [4.69, 9.17) is 4.74 Å². The summed E-state index contributed by atoms with van der Waals surface area (Å²) in [5.41, 5.74) is 0.774. The Labute approximate surface area is 148 Å². The van der Waals surface area contributed by atoms with Gasteiger partial charge in [0.15, 0.2) is 0 Å². The van der Waals surface area contributed by atoms with Crippen LogP contribution in [0.25, 0.3) is 0 Å². The van der Waals surface area contributed by atoms with Crippen molar-refractivity contribution < 1.29 is 17.9 Å². The van der Waals surface area contributed by atoms with Crippen LogP contribution in [0.15, 0.2) is 18.2 Å². The standard InChI is InChI=1S/C16H24N4O4S/c1-24-15-4-3-12(9-13(15)19-25(2,22)23)17-16(21)18-14-10-20-7-5-11(14)6-8-20/h3-4,9,11,14,19H,5-8,10H2,1-2H3,(H2,17,18,21)/t14-/m1/s1. The molecule has 9 heteroatoms. The fourth-order valence-electron chi connectivity index (χ4n) is 3.53. The number of nitrogens with one attached hydrogen (secondary N) is 3. The van der Waals surface area contributed by atoms with Gasteiger partial charge < -0.3 is 20.3 Å². The second kappa shape index (κ2) is 7.09. The predicted molar refractivity (Wildman–Crippen MR) is 96.6 cm³/mol. The third kappa shape index (κ3) is 4.55. The number of carbonyl (C=O) groups is 1. The van der Waals surface area contributed by atoms with E-state index in [0.717, 1.165) is 38.7 Å². The van der Waals surface area contributed by atoms with Gasteiger partial charge in [0.1, 0.15) is 5.75 Å². The number of piperidine rings is 3. The van der Waals surface area contributed by atoms with Crippen molar-refractivity contribution in [1.29, 1.82) is 0 Å². The van der Waals surface area contributed by atoms with Gasteiger partial charge >= 0.3 is 6.03 Å². The molecule has 3 aliphatic rings. The number of fused-ring (bicyclic) bond motifs is 3. The minimum absolute atomic E-state index is 0.161. The zero-order chi connectivity index (χ0) is 18.0. The molecule has 1 atom stereocenters. The molecule has 3 heterocycles. The average Bonchev–Trinajstić information content (AvgIpc) is 2.54. The van der Waals surface area contributed by atoms with Crippen LogP contribution < -0.4 is 20.1 Å². The zero-order valence-electron chi connectivity index (χ0n) is 14.4. The number of rotatable bonds is 5. The molecule has 0 saturated carbocycles. The van der Waals surface area contributed by atoms with Crippen LogP contribution in [0, 0.1) is 5.92 Å². The lowest BCUT2D eigenvalue weighted by atomic mass is 9.84. The number of ether oxygens (including phenoxy) is 1. The van der Waals surface area contributed by atoms with Gasteiger partial charge in [0.2, 0.25) is 10.0 Å². The molecule has 1 aromatic carbocycles. The number of urea groups is 1. The molecule has 1 aromatic rings. The van der Waals surface area contributed by atoms with E-state index in [1.165, 1.54) is 13.2 Å². The molecule has 2 amide bonds. The van der Waals surface area contributed by atoms with E-state index in [1.807, 2.05) is 0 Å². The van der Waals surface area contributed by atoms with Crippen molar-refractivity contribution in [2.75, 3.05) is 43.0 Å². The number of methoxy groups -OCH3 is 1. The smallest absolute Gasteiger partial charge is 0.319 e. The van der Waals surface area contributed by atoms with Gasteiger partial charge in [-0.25, -0.2) is 13.2 Å². The van der Waals surface area contributed by atoms with E-state index in [2.05, 4.69) is 20.3 Å². The third-order valence-corrected chi connectivity index (χ3v) is 5.32. The van der Waals surface area contributed by atoms with Crippen molar-refractivity contribution >= 4 is 27.4 Å². The highest BCUT2D eigenvalue weighted by molar-refractivity contribution is 7.92. The highest BCUT2D eigenvalue weighted by atomic mass is 32.2. The first-order valence-corrected chi connectivity index (χ1v) is 10.2. The molecule has 3 aliphatic heterocycles. The molecule has 3 N–H and O–H groups in total. The average molecular weight is 368 g/mol. The van der Waals surface area contributed by atoms with Crippen molar-refractivity contribution in [3.8, 4) is 5.75 Å². The Hall–Kier alpha value is -2.00. The molecule has 2 bridgehead atoms. The summed E-state index contributed by atoms with van der Waals surface area (Å²) in [6.45, 7) is 3.12. The van der Waals surface area contributed by atoms with E-state index < -0.39 is 10.0 Å². The first-order valence-electron chi connectivity index (χ1n) is 8.30. The Morgan fingerprint density at radius 3 is 2.56 bits per heavy atom. The van der Waals surface area contributed by atoms with Crippen LogP contribution in [0.5, 0.6) is 5.75 Å². The monoisotopic (exact) mass is 368 g/mol. The molecule has 8 nitrogen and oxygen atoms in total. The lowest BCUT2D eigenvalue weighted by Gasteiger charge is -2.44. The summed E-state index contributed by atoms with van der Waals surface area (Å²) in [5, 5.41) is 5.80. The lowest BCUT2D eigenvalue weighted by molar-refractivity contribution is 0.0777. The third-order valence-electron chi connectivity index (χ3n) is 4.73. The van der Waals surface area contributed by atoms with Crippen molar-refractivity contribution in [2.45, 2.75) is 18.9 Å². The van der Waals surface area contributed by atoms with Gasteiger partial charge in [-0.05, 0) is 50.0 Å². The van der Waals surface area contributed by atoms with Crippen LogP contribution in [0.2, 0.25) is 0 Å². The maximum Gasteiger partial charge on any atom is 0.319 e. The minimum Gasteiger partial charge on any atom is -0.495 e. The maximum atomic E-state index is 12.3. The second-order valence-corrected chi connectivity index (χ2v) is 8.38. The number of amides is 2. The first kappa shape index (κ1) is 17.8. The fraction of sp³-hybridized carbons (Fsp3) is 0.562. The van der Waals surface area contributed by atoms with Crippen LogP contribution in [-0.2, 0) is 10.0 Å². The quantitative estimate of drug-likeness (QED) is 0.727. The van der Waals surface area contributed by atoms with Crippen LogP contribution >= 0.6 is 0 Å². The molecule has 3 fully saturated rings. The Bertz CT molecular complexity index is 745. The molecule has 0 aliphatic carbocycles. The van der Waals surface area contributed by atoms with Crippen LogP contribution in [0.4, 0.5) is 16.2 Å². The fourth-order valence-corrected chi connectivity index (χ4v) is 4.09. The number of carbonyl (C=O) groups excluding carboxylic acids is 1. The molecule has 3 saturated heterocycles. The van der Waals surface area contributed by atoms with E-state index >= 15 is 0 Å². The van der Waals surface area contributed by atoms with E-state index in [-0.39, 0.29) is 17.8 Å².